The molecule has 6 heteroatoms. The molecular formula is C13H13BrN2O2S. The molecule has 0 aliphatic carbocycles. The number of anilines is 1. The largest absolute Gasteiger partial charge is 0.268 e. The second-order valence-corrected chi connectivity index (χ2v) is 7.77. The molecule has 1 aromatic heterocycles. The van der Waals surface area contributed by atoms with Crippen molar-refractivity contribution in [2.75, 3.05) is 16.6 Å². The van der Waals surface area contributed by atoms with Gasteiger partial charge in [0.25, 0.3) is 0 Å². The maximum Gasteiger partial charge on any atom is 0.235 e. The van der Waals surface area contributed by atoms with Crippen molar-refractivity contribution < 1.29 is 8.42 Å². The summed E-state index contributed by atoms with van der Waals surface area (Å²) in [5.74, 6) is 0.357. The van der Waals surface area contributed by atoms with Crippen molar-refractivity contribution in [2.45, 2.75) is 6.92 Å². The van der Waals surface area contributed by atoms with Crippen LogP contribution in [0.3, 0.4) is 0 Å². The van der Waals surface area contributed by atoms with Gasteiger partial charge in [-0.15, -0.1) is 0 Å². The van der Waals surface area contributed by atoms with E-state index in [0.717, 1.165) is 15.4 Å². The van der Waals surface area contributed by atoms with Crippen LogP contribution in [0.25, 0.3) is 10.9 Å². The summed E-state index contributed by atoms with van der Waals surface area (Å²) in [6, 6.07) is 7.56. The lowest BCUT2D eigenvalue weighted by Gasteiger charge is -2.18. The van der Waals surface area contributed by atoms with Crippen LogP contribution in [-0.2, 0) is 10.0 Å². The number of aromatic nitrogens is 1. The van der Waals surface area contributed by atoms with Gasteiger partial charge in [-0.25, -0.2) is 8.42 Å². The molecule has 2 heterocycles. The highest BCUT2D eigenvalue weighted by Crippen LogP contribution is 2.32. The molecule has 1 unspecified atom stereocenters. The number of nitrogens with zero attached hydrogens (tertiary/aromatic N) is 2. The average molecular weight is 341 g/mol. The number of halogens is 1. The van der Waals surface area contributed by atoms with Gasteiger partial charge < -0.3 is 0 Å². The first-order valence-corrected chi connectivity index (χ1v) is 8.42. The van der Waals surface area contributed by atoms with Gasteiger partial charge in [-0.3, -0.25) is 9.29 Å². The SMILES string of the molecule is CC1CN(c2cccc3cc(Br)cnc23)S(=O)(=O)C1. The topological polar surface area (TPSA) is 50.3 Å². The number of para-hydroxylation sites is 1. The van der Waals surface area contributed by atoms with Gasteiger partial charge in [0, 0.05) is 22.6 Å². The van der Waals surface area contributed by atoms with Gasteiger partial charge in [-0.2, -0.15) is 0 Å². The lowest BCUT2D eigenvalue weighted by Crippen LogP contribution is -2.25. The Labute approximate surface area is 120 Å². The van der Waals surface area contributed by atoms with Crippen molar-refractivity contribution >= 4 is 42.5 Å². The number of rotatable bonds is 1. The van der Waals surface area contributed by atoms with E-state index in [1.807, 2.05) is 31.2 Å². The third kappa shape index (κ3) is 2.23. The highest BCUT2D eigenvalue weighted by molar-refractivity contribution is 9.10. The van der Waals surface area contributed by atoms with Gasteiger partial charge >= 0.3 is 0 Å². The first-order chi connectivity index (χ1) is 8.97. The van der Waals surface area contributed by atoms with E-state index in [9.17, 15) is 8.42 Å². The Kier molecular flexibility index (Phi) is 3.02. The Morgan fingerprint density at radius 2 is 2.21 bits per heavy atom. The van der Waals surface area contributed by atoms with Crippen LogP contribution < -0.4 is 4.31 Å². The molecule has 100 valence electrons. The Morgan fingerprint density at radius 3 is 2.89 bits per heavy atom. The van der Waals surface area contributed by atoms with Crippen LogP contribution in [0.2, 0.25) is 0 Å². The minimum Gasteiger partial charge on any atom is -0.268 e. The molecule has 0 saturated carbocycles. The Balaban J connectivity index is 2.21. The number of hydrogen-bond donors (Lipinski definition) is 0. The smallest absolute Gasteiger partial charge is 0.235 e. The average Bonchev–Trinajstić information content (AvgIpc) is 2.61. The van der Waals surface area contributed by atoms with Gasteiger partial charge in [-0.1, -0.05) is 19.1 Å². The second-order valence-electron chi connectivity index (χ2n) is 4.92. The van der Waals surface area contributed by atoms with Crippen LogP contribution >= 0.6 is 15.9 Å². The first-order valence-electron chi connectivity index (χ1n) is 6.02. The van der Waals surface area contributed by atoms with Crippen LogP contribution in [0.15, 0.2) is 34.9 Å². The highest BCUT2D eigenvalue weighted by atomic mass is 79.9. The van der Waals surface area contributed by atoms with E-state index in [-0.39, 0.29) is 11.7 Å². The fraction of sp³-hybridized carbons (Fsp3) is 0.308. The molecule has 1 aliphatic heterocycles. The maximum atomic E-state index is 12.2. The number of hydrogen-bond acceptors (Lipinski definition) is 3. The maximum absolute atomic E-state index is 12.2. The lowest BCUT2D eigenvalue weighted by molar-refractivity contribution is 0.598. The van der Waals surface area contributed by atoms with E-state index >= 15 is 0 Å². The second kappa shape index (κ2) is 4.45. The summed E-state index contributed by atoms with van der Waals surface area (Å²) in [4.78, 5) is 4.36. The molecule has 0 bridgehead atoms. The third-order valence-electron chi connectivity index (χ3n) is 3.23. The third-order valence-corrected chi connectivity index (χ3v) is 5.67. The number of sulfonamides is 1. The number of pyridine rings is 1. The molecule has 0 radical (unpaired) electrons. The van der Waals surface area contributed by atoms with Gasteiger partial charge in [0.2, 0.25) is 10.0 Å². The standard InChI is InChI=1S/C13H13BrN2O2S/c1-9-7-16(19(17,18)8-9)12-4-2-3-10-5-11(14)6-15-13(10)12/h2-6,9H,7-8H2,1H3. The molecule has 4 nitrogen and oxygen atoms in total. The molecule has 1 atom stereocenters. The quantitative estimate of drug-likeness (QED) is 0.801. The van der Waals surface area contributed by atoms with E-state index in [4.69, 9.17) is 0 Å². The molecule has 3 rings (SSSR count). The molecular weight excluding hydrogens is 328 g/mol. The summed E-state index contributed by atoms with van der Waals surface area (Å²) in [6.07, 6.45) is 1.69. The van der Waals surface area contributed by atoms with Crippen LogP contribution in [0.1, 0.15) is 6.92 Å². The van der Waals surface area contributed by atoms with Crippen molar-refractivity contribution in [2.24, 2.45) is 5.92 Å². The van der Waals surface area contributed by atoms with Crippen LogP contribution in [0, 0.1) is 5.92 Å². The van der Waals surface area contributed by atoms with E-state index in [1.54, 1.807) is 6.20 Å². The summed E-state index contributed by atoms with van der Waals surface area (Å²) in [7, 11) is -3.21. The monoisotopic (exact) mass is 340 g/mol. The normalized spacial score (nSPS) is 22.0. The summed E-state index contributed by atoms with van der Waals surface area (Å²) >= 11 is 3.38. The van der Waals surface area contributed by atoms with E-state index in [0.29, 0.717) is 12.2 Å². The minimum atomic E-state index is -3.21. The number of fused-ring (bicyclic) bond motifs is 1. The molecule has 1 aromatic carbocycles. The lowest BCUT2D eigenvalue weighted by atomic mass is 10.1. The van der Waals surface area contributed by atoms with Gasteiger partial charge in [0.15, 0.2) is 0 Å². The van der Waals surface area contributed by atoms with Crippen LogP contribution in [-0.4, -0.2) is 25.7 Å². The van der Waals surface area contributed by atoms with Crippen molar-refractivity contribution in [3.8, 4) is 0 Å². The predicted octanol–water partition coefficient (Wildman–Crippen LogP) is 2.78. The van der Waals surface area contributed by atoms with Crippen molar-refractivity contribution in [3.63, 3.8) is 0 Å². The zero-order valence-electron chi connectivity index (χ0n) is 10.4. The minimum absolute atomic E-state index is 0.149. The molecule has 1 aliphatic rings. The van der Waals surface area contributed by atoms with E-state index in [2.05, 4.69) is 20.9 Å². The molecule has 0 amide bonds. The van der Waals surface area contributed by atoms with Crippen molar-refractivity contribution in [3.05, 3.63) is 34.9 Å². The van der Waals surface area contributed by atoms with Crippen LogP contribution in [0.4, 0.5) is 5.69 Å². The zero-order chi connectivity index (χ0) is 13.6. The zero-order valence-corrected chi connectivity index (χ0v) is 12.8. The molecule has 1 fully saturated rings. The Morgan fingerprint density at radius 1 is 1.42 bits per heavy atom. The summed E-state index contributed by atoms with van der Waals surface area (Å²) in [6.45, 7) is 2.48. The summed E-state index contributed by atoms with van der Waals surface area (Å²) < 4.78 is 26.7. The summed E-state index contributed by atoms with van der Waals surface area (Å²) in [5.41, 5.74) is 1.40. The van der Waals surface area contributed by atoms with Crippen LogP contribution in [0.5, 0.6) is 0 Å². The number of benzene rings is 1. The Bertz CT molecular complexity index is 745. The van der Waals surface area contributed by atoms with Gasteiger partial charge in [0.05, 0.1) is 17.0 Å². The van der Waals surface area contributed by atoms with Crippen molar-refractivity contribution in [1.82, 2.24) is 4.98 Å². The fourth-order valence-corrected chi connectivity index (χ4v) is 4.75. The fourth-order valence-electron chi connectivity index (χ4n) is 2.47. The molecule has 0 N–H and O–H groups in total. The summed E-state index contributed by atoms with van der Waals surface area (Å²) in [5, 5.41) is 0.932. The molecule has 2 aromatic rings. The molecule has 0 spiro atoms. The molecule has 1 saturated heterocycles. The predicted molar refractivity (Wildman–Crippen MR) is 79.7 cm³/mol. The Hall–Kier alpha value is -1.14. The first kappa shape index (κ1) is 12.9. The van der Waals surface area contributed by atoms with E-state index < -0.39 is 10.0 Å². The van der Waals surface area contributed by atoms with Crippen molar-refractivity contribution in [1.29, 1.82) is 0 Å². The van der Waals surface area contributed by atoms with Gasteiger partial charge in [0.1, 0.15) is 0 Å². The van der Waals surface area contributed by atoms with Gasteiger partial charge in [-0.05, 0) is 34.0 Å². The highest BCUT2D eigenvalue weighted by Gasteiger charge is 2.34. The molecule has 19 heavy (non-hydrogen) atoms. The van der Waals surface area contributed by atoms with E-state index in [1.165, 1.54) is 4.31 Å².